The summed E-state index contributed by atoms with van der Waals surface area (Å²) in [7, 11) is 5.17. The molecule has 0 saturated carbocycles. The molecule has 7 aliphatic heterocycles. The van der Waals surface area contributed by atoms with Crippen molar-refractivity contribution in [3.63, 3.8) is 0 Å². The number of aromatic amines is 1. The first kappa shape index (κ1) is 35.7. The standard InChI is InChI=1S/C41H44N4O10S/c1-17-11-20-12-25-39(48)45-26-14-52-40(49)41(38-22(9-10-42-41)23-13-21(50-5)7-8-24(23)43-38)15-56-37(31(45)30(44(25)4)27(20)32(47)33(17)51-6)29-28(26)36-35(53-16-54-36)18(2)34(29)55-19(3)46/h7-8,11,13,25-26,30-31,37,39,42-43,47-48H,9-10,12,14-16H2,1-6H3/t25-,26-,30+,31+,37+,39-,41-/m0/s1. The van der Waals surface area contributed by atoms with Crippen molar-refractivity contribution in [3.05, 3.63) is 68.9 Å². The number of phenolic OH excluding ortho intramolecular Hbond substituents is 1. The van der Waals surface area contributed by atoms with E-state index in [0.29, 0.717) is 59.1 Å². The van der Waals surface area contributed by atoms with Crippen LogP contribution in [0.25, 0.3) is 10.9 Å². The second-order valence-corrected chi connectivity index (χ2v) is 16.8. The van der Waals surface area contributed by atoms with E-state index in [1.165, 1.54) is 18.7 Å². The number of H-pyrrole nitrogens is 1. The predicted molar refractivity (Wildman–Crippen MR) is 205 cm³/mol. The second-order valence-electron chi connectivity index (χ2n) is 15.6. The summed E-state index contributed by atoms with van der Waals surface area (Å²) in [5.41, 5.74) is 5.79. The van der Waals surface area contributed by atoms with Gasteiger partial charge in [0.15, 0.2) is 28.5 Å². The number of carbonyl (C=O) groups excluding carboxylic acids is 2. The first-order valence-corrected chi connectivity index (χ1v) is 20.0. The number of piperazine rings is 1. The summed E-state index contributed by atoms with van der Waals surface area (Å²) < 4.78 is 36.2. The third-order valence-corrected chi connectivity index (χ3v) is 14.4. The van der Waals surface area contributed by atoms with Crippen molar-refractivity contribution in [1.29, 1.82) is 0 Å². The van der Waals surface area contributed by atoms with Crippen molar-refractivity contribution in [1.82, 2.24) is 20.1 Å². The van der Waals surface area contributed by atoms with Crippen LogP contribution in [0, 0.1) is 13.8 Å². The molecule has 0 radical (unpaired) electrons. The van der Waals surface area contributed by atoms with Crippen LogP contribution in [0.4, 0.5) is 0 Å². The molecule has 14 nitrogen and oxygen atoms in total. The second kappa shape index (κ2) is 12.7. The Hall–Kier alpha value is -4.67. The van der Waals surface area contributed by atoms with Gasteiger partial charge >= 0.3 is 11.9 Å². The molecular formula is C41H44N4O10S. The lowest BCUT2D eigenvalue weighted by atomic mass is 9.73. The molecule has 2 saturated heterocycles. The molecule has 1 spiro atoms. The van der Waals surface area contributed by atoms with Crippen LogP contribution in [0.5, 0.6) is 34.5 Å². The molecule has 4 bridgehead atoms. The number of aryl methyl sites for hydroxylation is 1. The maximum absolute atomic E-state index is 14.9. The molecule has 15 heteroatoms. The maximum Gasteiger partial charge on any atom is 0.333 e. The van der Waals surface area contributed by atoms with Gasteiger partial charge in [0.1, 0.15) is 24.3 Å². The number of hydrogen-bond acceptors (Lipinski definition) is 14. The number of aliphatic hydroxyl groups is 1. The molecule has 4 aromatic rings. The molecular weight excluding hydrogens is 741 g/mol. The van der Waals surface area contributed by atoms with E-state index in [-0.39, 0.29) is 30.9 Å². The fourth-order valence-electron chi connectivity index (χ4n) is 10.6. The Kier molecular flexibility index (Phi) is 8.08. The number of carbonyl (C=O) groups is 2. The molecule has 0 amide bonds. The van der Waals surface area contributed by atoms with E-state index in [4.69, 9.17) is 28.4 Å². The topological polar surface area (TPSA) is 164 Å². The molecule has 1 aromatic heterocycles. The van der Waals surface area contributed by atoms with E-state index in [1.807, 2.05) is 50.1 Å². The smallest absolute Gasteiger partial charge is 0.333 e. The fourth-order valence-corrected chi connectivity index (χ4v) is 12.2. The summed E-state index contributed by atoms with van der Waals surface area (Å²) in [6.45, 7) is 5.46. The van der Waals surface area contributed by atoms with E-state index in [9.17, 15) is 19.8 Å². The number of hydrogen-bond donors (Lipinski definition) is 4. The fraction of sp³-hybridized carbons (Fsp3) is 0.463. The molecule has 7 aliphatic rings. The highest BCUT2D eigenvalue weighted by molar-refractivity contribution is 7.99. The van der Waals surface area contributed by atoms with Gasteiger partial charge in [-0.2, -0.15) is 0 Å². The summed E-state index contributed by atoms with van der Waals surface area (Å²) >= 11 is 1.53. The van der Waals surface area contributed by atoms with Crippen LogP contribution in [-0.4, -0.2) is 102 Å². The predicted octanol–water partition coefficient (Wildman–Crippen LogP) is 4.19. The minimum atomic E-state index is -1.28. The molecule has 11 rings (SSSR count). The number of fused-ring (bicyclic) bond motifs is 11. The van der Waals surface area contributed by atoms with Crippen LogP contribution in [0.1, 0.15) is 68.9 Å². The highest BCUT2D eigenvalue weighted by Crippen LogP contribution is 2.64. The van der Waals surface area contributed by atoms with Crippen LogP contribution in [0.2, 0.25) is 0 Å². The zero-order chi connectivity index (χ0) is 38.9. The third kappa shape index (κ3) is 4.71. The summed E-state index contributed by atoms with van der Waals surface area (Å²) in [6.07, 6.45) is 0.129. The highest BCUT2D eigenvalue weighted by Gasteiger charge is 2.61. The van der Waals surface area contributed by atoms with Crippen LogP contribution >= 0.6 is 11.8 Å². The lowest BCUT2D eigenvalue weighted by Gasteiger charge is -2.62. The zero-order valence-corrected chi connectivity index (χ0v) is 32.8. The van der Waals surface area contributed by atoms with E-state index in [2.05, 4.69) is 15.2 Å². The lowest BCUT2D eigenvalue weighted by molar-refractivity contribution is -0.186. The van der Waals surface area contributed by atoms with Crippen molar-refractivity contribution >= 4 is 34.6 Å². The van der Waals surface area contributed by atoms with Crippen LogP contribution < -0.4 is 29.0 Å². The first-order chi connectivity index (χ1) is 27.0. The number of aliphatic hydroxyl groups excluding tert-OH is 1. The van der Waals surface area contributed by atoms with Crippen molar-refractivity contribution in [2.75, 3.05) is 47.0 Å². The number of aromatic nitrogens is 1. The Bertz CT molecular complexity index is 2360. The molecule has 0 aliphatic carbocycles. The largest absolute Gasteiger partial charge is 0.504 e. The summed E-state index contributed by atoms with van der Waals surface area (Å²) in [4.78, 5) is 35.6. The van der Waals surface area contributed by atoms with Gasteiger partial charge in [-0.1, -0.05) is 6.07 Å². The molecule has 3 aromatic carbocycles. The van der Waals surface area contributed by atoms with Gasteiger partial charge in [0.05, 0.1) is 43.3 Å². The van der Waals surface area contributed by atoms with Gasteiger partial charge in [-0.25, -0.2) is 4.79 Å². The summed E-state index contributed by atoms with van der Waals surface area (Å²) in [5, 5.41) is 28.7. The molecule has 4 N–H and O–H groups in total. The number of nitrogens with one attached hydrogen (secondary N) is 2. The number of aromatic hydroxyl groups is 1. The monoisotopic (exact) mass is 784 g/mol. The molecule has 2 fully saturated rings. The normalized spacial score (nSPS) is 28.9. The lowest BCUT2D eigenvalue weighted by Crippen LogP contribution is -2.70. The highest BCUT2D eigenvalue weighted by atomic mass is 32.2. The minimum absolute atomic E-state index is 0.0439. The summed E-state index contributed by atoms with van der Waals surface area (Å²) in [5.74, 6) is 1.73. The van der Waals surface area contributed by atoms with E-state index in [0.717, 1.165) is 44.6 Å². The van der Waals surface area contributed by atoms with Gasteiger partial charge < -0.3 is 43.6 Å². The van der Waals surface area contributed by atoms with Gasteiger partial charge in [-0.15, -0.1) is 11.8 Å². The van der Waals surface area contributed by atoms with Crippen molar-refractivity contribution in [2.45, 2.75) is 74.8 Å². The van der Waals surface area contributed by atoms with Gasteiger partial charge in [0.25, 0.3) is 0 Å². The Morgan fingerprint density at radius 3 is 2.62 bits per heavy atom. The molecule has 56 heavy (non-hydrogen) atoms. The number of likely N-dealkylation sites (N-methyl/N-ethyl adjacent to an activating group) is 1. The number of methoxy groups -OCH3 is 2. The van der Waals surface area contributed by atoms with Crippen molar-refractivity contribution in [2.24, 2.45) is 0 Å². The first-order valence-electron chi connectivity index (χ1n) is 18.9. The molecule has 7 atom stereocenters. The number of nitrogens with zero attached hydrogens (tertiary/aromatic N) is 2. The minimum Gasteiger partial charge on any atom is -0.504 e. The van der Waals surface area contributed by atoms with E-state index < -0.39 is 47.1 Å². The van der Waals surface area contributed by atoms with Crippen LogP contribution in [-0.2, 0) is 32.7 Å². The van der Waals surface area contributed by atoms with Gasteiger partial charge in [0.2, 0.25) is 6.79 Å². The number of thioether (sulfide) groups is 1. The van der Waals surface area contributed by atoms with Gasteiger partial charge in [-0.05, 0) is 68.6 Å². The Morgan fingerprint density at radius 2 is 1.86 bits per heavy atom. The number of esters is 2. The summed E-state index contributed by atoms with van der Waals surface area (Å²) in [6, 6.07) is 5.77. The zero-order valence-electron chi connectivity index (χ0n) is 32.0. The number of benzene rings is 3. The van der Waals surface area contributed by atoms with Gasteiger partial charge in [0, 0.05) is 58.4 Å². The van der Waals surface area contributed by atoms with E-state index in [1.54, 1.807) is 14.2 Å². The number of rotatable bonds is 3. The van der Waals surface area contributed by atoms with Crippen molar-refractivity contribution < 1.29 is 48.2 Å². The Labute approximate surface area is 327 Å². The maximum atomic E-state index is 14.9. The number of phenols is 1. The molecule has 0 unspecified atom stereocenters. The number of ether oxygens (including phenoxy) is 6. The van der Waals surface area contributed by atoms with Crippen molar-refractivity contribution in [3.8, 4) is 34.5 Å². The van der Waals surface area contributed by atoms with E-state index >= 15 is 0 Å². The Morgan fingerprint density at radius 1 is 1.05 bits per heavy atom. The van der Waals surface area contributed by atoms with Crippen LogP contribution in [0.3, 0.4) is 0 Å². The average molecular weight is 785 g/mol. The molecule has 8 heterocycles. The van der Waals surface area contributed by atoms with Crippen LogP contribution in [0.15, 0.2) is 24.3 Å². The SMILES string of the molecule is COc1ccc2[nH]c3c(c2c1)CCN[C@@]31CS[C@@H]2c3c(OC(C)=O)c(C)c4c(c3[C@H](COC1=O)N1[C@@H]2[C@H]2c3c(cc(C)c(OC)c3O)C[C@@H]([C@@H]1O)N2C)OCO4. The third-order valence-electron chi connectivity index (χ3n) is 12.9. The Balaban J connectivity index is 1.23. The molecule has 294 valence electrons. The quantitative estimate of drug-likeness (QED) is 0.173. The average Bonchev–Trinajstić information content (AvgIpc) is 3.82. The van der Waals surface area contributed by atoms with Gasteiger partial charge in [-0.3, -0.25) is 19.9 Å².